The lowest BCUT2D eigenvalue weighted by atomic mass is 9.97. The van der Waals surface area contributed by atoms with Crippen molar-refractivity contribution in [3.05, 3.63) is 21.9 Å². The van der Waals surface area contributed by atoms with Crippen LogP contribution in [0.5, 0.6) is 0 Å². The lowest BCUT2D eigenvalue weighted by Crippen LogP contribution is -2.47. The number of thioether (sulfide) groups is 1. The summed E-state index contributed by atoms with van der Waals surface area (Å²) >= 11 is 3.66. The van der Waals surface area contributed by atoms with Crippen LogP contribution in [-0.2, 0) is 11.2 Å². The van der Waals surface area contributed by atoms with E-state index in [1.165, 1.54) is 17.1 Å². The Bertz CT molecular complexity index is 440. The Balaban J connectivity index is 1.88. The number of hydrogen-bond acceptors (Lipinski definition) is 4. The van der Waals surface area contributed by atoms with E-state index in [2.05, 4.69) is 4.90 Å². The smallest absolute Gasteiger partial charge is 0.325 e. The van der Waals surface area contributed by atoms with Crippen LogP contribution >= 0.6 is 23.1 Å². The second kappa shape index (κ2) is 5.23. The normalized spacial score (nSPS) is 28.9. The maximum Gasteiger partial charge on any atom is 0.325 e. The standard InChI is InChI=1S/C13H17NO2S2/c15-13(16)12-10-4-7-18-11(10)3-5-14(12)9-2-1-6-17-8-9/h4,7,9,12H,1-3,5-6,8H2,(H,15,16). The molecule has 1 N–H and O–H groups in total. The minimum Gasteiger partial charge on any atom is -0.480 e. The van der Waals surface area contributed by atoms with E-state index in [9.17, 15) is 9.90 Å². The molecule has 98 valence electrons. The molecular formula is C13H17NO2S2. The fourth-order valence-electron chi connectivity index (χ4n) is 2.99. The SMILES string of the molecule is O=C(O)C1c2ccsc2CCN1C1CCCSC1. The van der Waals surface area contributed by atoms with Gasteiger partial charge in [0.2, 0.25) is 0 Å². The first-order chi connectivity index (χ1) is 8.77. The van der Waals surface area contributed by atoms with Crippen molar-refractivity contribution in [2.45, 2.75) is 31.3 Å². The Labute approximate surface area is 115 Å². The van der Waals surface area contributed by atoms with Crippen molar-refractivity contribution in [2.75, 3.05) is 18.1 Å². The highest BCUT2D eigenvalue weighted by Gasteiger charge is 2.37. The van der Waals surface area contributed by atoms with Gasteiger partial charge in [0.15, 0.2) is 0 Å². The van der Waals surface area contributed by atoms with Gasteiger partial charge in [-0.1, -0.05) is 0 Å². The number of rotatable bonds is 2. The van der Waals surface area contributed by atoms with Crippen molar-refractivity contribution in [3.8, 4) is 0 Å². The summed E-state index contributed by atoms with van der Waals surface area (Å²) in [6.45, 7) is 0.899. The predicted molar refractivity (Wildman–Crippen MR) is 75.5 cm³/mol. The molecule has 0 spiro atoms. The van der Waals surface area contributed by atoms with Gasteiger partial charge in [0, 0.05) is 23.2 Å². The molecule has 2 unspecified atom stereocenters. The summed E-state index contributed by atoms with van der Waals surface area (Å²) in [5.41, 5.74) is 1.04. The average molecular weight is 283 g/mol. The summed E-state index contributed by atoms with van der Waals surface area (Å²) in [4.78, 5) is 15.1. The fraction of sp³-hybridized carbons (Fsp3) is 0.615. The van der Waals surface area contributed by atoms with Crippen LogP contribution in [0.1, 0.15) is 29.3 Å². The van der Waals surface area contributed by atoms with E-state index in [1.807, 2.05) is 23.2 Å². The Hall–Kier alpha value is -0.520. The van der Waals surface area contributed by atoms with Gasteiger partial charge in [0.1, 0.15) is 6.04 Å². The molecule has 1 aromatic rings. The number of carboxylic acids is 1. The third-order valence-corrected chi connectivity index (χ3v) is 6.04. The highest BCUT2D eigenvalue weighted by atomic mass is 32.2. The van der Waals surface area contributed by atoms with Crippen molar-refractivity contribution in [3.63, 3.8) is 0 Å². The van der Waals surface area contributed by atoms with E-state index in [1.54, 1.807) is 11.3 Å². The molecule has 1 saturated heterocycles. The minimum atomic E-state index is -0.690. The molecule has 1 aromatic heterocycles. The zero-order valence-corrected chi connectivity index (χ0v) is 11.8. The van der Waals surface area contributed by atoms with Crippen molar-refractivity contribution < 1.29 is 9.90 Å². The molecule has 5 heteroatoms. The summed E-state index contributed by atoms with van der Waals surface area (Å²) in [6.07, 6.45) is 3.38. The molecule has 0 amide bonds. The molecule has 18 heavy (non-hydrogen) atoms. The molecule has 0 aliphatic carbocycles. The molecule has 3 nitrogen and oxygen atoms in total. The van der Waals surface area contributed by atoms with Crippen LogP contribution in [0.15, 0.2) is 11.4 Å². The number of fused-ring (bicyclic) bond motifs is 1. The summed E-state index contributed by atoms with van der Waals surface area (Å²) in [5, 5.41) is 11.6. The molecular weight excluding hydrogens is 266 g/mol. The van der Waals surface area contributed by atoms with E-state index in [0.717, 1.165) is 30.7 Å². The number of thiophene rings is 1. The highest BCUT2D eigenvalue weighted by Crippen LogP contribution is 2.37. The van der Waals surface area contributed by atoms with Gasteiger partial charge in [-0.3, -0.25) is 9.69 Å². The van der Waals surface area contributed by atoms with E-state index in [-0.39, 0.29) is 0 Å². The Kier molecular flexibility index (Phi) is 3.63. The largest absolute Gasteiger partial charge is 0.480 e. The van der Waals surface area contributed by atoms with Gasteiger partial charge in [0.05, 0.1) is 0 Å². The number of hydrogen-bond donors (Lipinski definition) is 1. The van der Waals surface area contributed by atoms with Crippen LogP contribution in [0.25, 0.3) is 0 Å². The van der Waals surface area contributed by atoms with Gasteiger partial charge in [0.25, 0.3) is 0 Å². The molecule has 0 bridgehead atoms. The van der Waals surface area contributed by atoms with Gasteiger partial charge >= 0.3 is 5.97 Å². The summed E-state index contributed by atoms with van der Waals surface area (Å²) in [7, 11) is 0. The van der Waals surface area contributed by atoms with E-state index in [0.29, 0.717) is 6.04 Å². The van der Waals surface area contributed by atoms with Crippen molar-refractivity contribution in [1.82, 2.24) is 4.90 Å². The Morgan fingerprint density at radius 1 is 1.50 bits per heavy atom. The first kappa shape index (κ1) is 12.5. The second-order valence-corrected chi connectivity index (χ2v) is 7.05. The molecule has 2 aliphatic heterocycles. The average Bonchev–Trinajstić information content (AvgIpc) is 2.86. The van der Waals surface area contributed by atoms with Crippen LogP contribution in [0.2, 0.25) is 0 Å². The zero-order chi connectivity index (χ0) is 12.5. The van der Waals surface area contributed by atoms with Crippen molar-refractivity contribution >= 4 is 29.1 Å². The minimum absolute atomic E-state index is 0.413. The quantitative estimate of drug-likeness (QED) is 0.906. The lowest BCUT2D eigenvalue weighted by molar-refractivity contribution is -0.145. The van der Waals surface area contributed by atoms with Crippen molar-refractivity contribution in [2.24, 2.45) is 0 Å². The third kappa shape index (κ3) is 2.19. The topological polar surface area (TPSA) is 40.5 Å². The molecule has 2 atom stereocenters. The van der Waals surface area contributed by atoms with E-state index in [4.69, 9.17) is 0 Å². The summed E-state index contributed by atoms with van der Waals surface area (Å²) < 4.78 is 0. The molecule has 0 aromatic carbocycles. The maximum atomic E-state index is 11.6. The van der Waals surface area contributed by atoms with E-state index < -0.39 is 12.0 Å². The number of carboxylic acid groups (broad SMARTS) is 1. The summed E-state index contributed by atoms with van der Waals surface area (Å²) in [5.74, 6) is 1.62. The number of aliphatic carboxylic acids is 1. The first-order valence-electron chi connectivity index (χ1n) is 6.40. The monoisotopic (exact) mass is 283 g/mol. The van der Waals surface area contributed by atoms with E-state index >= 15 is 0 Å². The highest BCUT2D eigenvalue weighted by molar-refractivity contribution is 7.99. The zero-order valence-electron chi connectivity index (χ0n) is 10.2. The Morgan fingerprint density at radius 3 is 3.11 bits per heavy atom. The molecule has 0 radical (unpaired) electrons. The maximum absolute atomic E-state index is 11.6. The number of carbonyl (C=O) groups is 1. The Morgan fingerprint density at radius 2 is 2.39 bits per heavy atom. The van der Waals surface area contributed by atoms with Gasteiger partial charge in [-0.05, 0) is 42.0 Å². The first-order valence-corrected chi connectivity index (χ1v) is 8.43. The van der Waals surface area contributed by atoms with Crippen LogP contribution in [0, 0.1) is 0 Å². The molecule has 3 heterocycles. The molecule has 1 fully saturated rings. The predicted octanol–water partition coefficient (Wildman–Crippen LogP) is 2.63. The van der Waals surface area contributed by atoms with Gasteiger partial charge in [-0.2, -0.15) is 11.8 Å². The van der Waals surface area contributed by atoms with Crippen LogP contribution in [0.4, 0.5) is 0 Å². The number of nitrogens with zero attached hydrogens (tertiary/aromatic N) is 1. The molecule has 3 rings (SSSR count). The summed E-state index contributed by atoms with van der Waals surface area (Å²) in [6, 6.07) is 2.03. The van der Waals surface area contributed by atoms with Gasteiger partial charge in [-0.15, -0.1) is 11.3 Å². The van der Waals surface area contributed by atoms with Gasteiger partial charge in [-0.25, -0.2) is 0 Å². The van der Waals surface area contributed by atoms with Crippen molar-refractivity contribution in [1.29, 1.82) is 0 Å². The molecule has 0 saturated carbocycles. The van der Waals surface area contributed by atoms with Gasteiger partial charge < -0.3 is 5.11 Å². The molecule has 2 aliphatic rings. The lowest BCUT2D eigenvalue weighted by Gasteiger charge is -2.40. The van der Waals surface area contributed by atoms with Crippen LogP contribution < -0.4 is 0 Å². The second-order valence-electron chi connectivity index (χ2n) is 4.90. The van der Waals surface area contributed by atoms with Crippen LogP contribution in [-0.4, -0.2) is 40.1 Å². The third-order valence-electron chi connectivity index (χ3n) is 3.84. The van der Waals surface area contributed by atoms with Crippen LogP contribution in [0.3, 0.4) is 0 Å². The fourth-order valence-corrected chi connectivity index (χ4v) is 5.06.